The molecule has 0 unspecified atom stereocenters. The molecule has 0 saturated carbocycles. The summed E-state index contributed by atoms with van der Waals surface area (Å²) in [4.78, 5) is 36.6. The number of carbonyl (C=O) groups excluding carboxylic acids is 1. The molecule has 0 spiro atoms. The molecule has 0 N–H and O–H groups in total. The van der Waals surface area contributed by atoms with E-state index in [2.05, 4.69) is 0 Å². The molecule has 8 heteroatoms. The third-order valence-corrected chi connectivity index (χ3v) is 4.05. The van der Waals surface area contributed by atoms with Gasteiger partial charge in [0.1, 0.15) is 31.3 Å². The lowest BCUT2D eigenvalue weighted by Crippen LogP contribution is -2.41. The van der Waals surface area contributed by atoms with Crippen LogP contribution in [0.25, 0.3) is 0 Å². The summed E-state index contributed by atoms with van der Waals surface area (Å²) in [5, 5.41) is 0. The Hall–Kier alpha value is -3.68. The lowest BCUT2D eigenvalue weighted by Gasteiger charge is -2.10. The van der Waals surface area contributed by atoms with Crippen LogP contribution in [0.15, 0.2) is 76.4 Å². The van der Waals surface area contributed by atoms with E-state index >= 15 is 0 Å². The molecule has 0 saturated heterocycles. The van der Waals surface area contributed by atoms with Crippen molar-refractivity contribution < 1.29 is 18.7 Å². The van der Waals surface area contributed by atoms with E-state index in [1.807, 2.05) is 30.3 Å². The van der Waals surface area contributed by atoms with Gasteiger partial charge in [0.25, 0.3) is 5.56 Å². The van der Waals surface area contributed by atoms with E-state index in [-0.39, 0.29) is 25.6 Å². The Bertz CT molecular complexity index is 1070. The minimum Gasteiger partial charge on any atom is -0.490 e. The molecule has 0 fully saturated rings. The van der Waals surface area contributed by atoms with E-state index in [0.29, 0.717) is 5.75 Å². The van der Waals surface area contributed by atoms with E-state index in [1.54, 1.807) is 0 Å². The highest BCUT2D eigenvalue weighted by Crippen LogP contribution is 2.10. The highest BCUT2D eigenvalue weighted by atomic mass is 19.1. The molecule has 0 amide bonds. The van der Waals surface area contributed by atoms with Crippen LogP contribution in [0, 0.1) is 5.82 Å². The molecule has 0 aliphatic rings. The van der Waals surface area contributed by atoms with Gasteiger partial charge in [-0.3, -0.25) is 14.2 Å². The van der Waals surface area contributed by atoms with Gasteiger partial charge < -0.3 is 9.47 Å². The summed E-state index contributed by atoms with van der Waals surface area (Å²) in [5.74, 6) is -0.676. The molecular formula is C21H19FN2O5. The lowest BCUT2D eigenvalue weighted by molar-refractivity contribution is -0.145. The summed E-state index contributed by atoms with van der Waals surface area (Å²) in [7, 11) is 0. The number of benzene rings is 2. The number of halogens is 1. The maximum Gasteiger partial charge on any atom is 0.331 e. The van der Waals surface area contributed by atoms with Crippen LogP contribution in [0.2, 0.25) is 0 Å². The molecule has 150 valence electrons. The fraction of sp³-hybridized carbons (Fsp3) is 0.190. The maximum atomic E-state index is 12.8. The minimum absolute atomic E-state index is 0.0549. The van der Waals surface area contributed by atoms with E-state index in [1.165, 1.54) is 41.1 Å². The number of carbonyl (C=O) groups is 1. The number of aromatic nitrogens is 2. The highest BCUT2D eigenvalue weighted by Gasteiger charge is 2.11. The van der Waals surface area contributed by atoms with Crippen molar-refractivity contribution in [3.63, 3.8) is 0 Å². The van der Waals surface area contributed by atoms with E-state index in [0.717, 1.165) is 10.1 Å². The fourth-order valence-corrected chi connectivity index (χ4v) is 2.62. The van der Waals surface area contributed by atoms with Gasteiger partial charge in [-0.05, 0) is 29.8 Å². The molecule has 0 aliphatic carbocycles. The number of ether oxygens (including phenoxy) is 2. The first kappa shape index (κ1) is 20.1. The Morgan fingerprint density at radius 2 is 1.66 bits per heavy atom. The number of rotatable bonds is 8. The standard InChI is InChI=1S/C21H19FN2O5/c22-17-6-8-18(9-7-17)28-12-13-29-20(26)15-24-19(25)10-11-23(21(24)27)14-16-4-2-1-3-5-16/h1-11H,12-15H2. The van der Waals surface area contributed by atoms with Crippen molar-refractivity contribution in [3.8, 4) is 5.75 Å². The molecule has 3 rings (SSSR count). The second kappa shape index (κ2) is 9.50. The van der Waals surface area contributed by atoms with Gasteiger partial charge in [-0.15, -0.1) is 0 Å². The highest BCUT2D eigenvalue weighted by molar-refractivity contribution is 5.69. The summed E-state index contributed by atoms with van der Waals surface area (Å²) < 4.78 is 25.3. The van der Waals surface area contributed by atoms with Crippen molar-refractivity contribution in [3.05, 3.63) is 99.1 Å². The summed E-state index contributed by atoms with van der Waals surface area (Å²) in [6, 6.07) is 15.9. The molecule has 1 aromatic heterocycles. The molecule has 1 heterocycles. The molecule has 0 bridgehead atoms. The van der Waals surface area contributed by atoms with Gasteiger partial charge in [0.2, 0.25) is 0 Å². The summed E-state index contributed by atoms with van der Waals surface area (Å²) in [6.45, 7) is -0.236. The van der Waals surface area contributed by atoms with Gasteiger partial charge in [0, 0.05) is 12.3 Å². The van der Waals surface area contributed by atoms with Crippen LogP contribution in [0.1, 0.15) is 5.56 Å². The second-order valence-corrected chi connectivity index (χ2v) is 6.16. The average molecular weight is 398 g/mol. The average Bonchev–Trinajstić information content (AvgIpc) is 2.73. The quantitative estimate of drug-likeness (QED) is 0.427. The number of nitrogens with zero attached hydrogens (tertiary/aromatic N) is 2. The van der Waals surface area contributed by atoms with Gasteiger partial charge in [-0.2, -0.15) is 0 Å². The Morgan fingerprint density at radius 3 is 2.38 bits per heavy atom. The van der Waals surface area contributed by atoms with Crippen LogP contribution in [-0.4, -0.2) is 28.3 Å². The first-order valence-corrected chi connectivity index (χ1v) is 8.91. The van der Waals surface area contributed by atoms with Gasteiger partial charge in [0.05, 0.1) is 6.54 Å². The summed E-state index contributed by atoms with van der Waals surface area (Å²) in [6.07, 6.45) is 1.40. The Labute approximate surface area is 165 Å². The molecule has 0 aliphatic heterocycles. The summed E-state index contributed by atoms with van der Waals surface area (Å²) in [5.41, 5.74) is -0.292. The number of esters is 1. The first-order chi connectivity index (χ1) is 14.0. The van der Waals surface area contributed by atoms with Crippen molar-refractivity contribution in [2.75, 3.05) is 13.2 Å². The van der Waals surface area contributed by atoms with Crippen LogP contribution in [0.4, 0.5) is 4.39 Å². The number of hydrogen-bond donors (Lipinski definition) is 0. The smallest absolute Gasteiger partial charge is 0.331 e. The SMILES string of the molecule is O=C(Cn1c(=O)ccn(Cc2ccccc2)c1=O)OCCOc1ccc(F)cc1. The zero-order valence-corrected chi connectivity index (χ0v) is 15.5. The van der Waals surface area contributed by atoms with Crippen LogP contribution >= 0.6 is 0 Å². The van der Waals surface area contributed by atoms with Gasteiger partial charge >= 0.3 is 11.7 Å². The predicted molar refractivity (Wildman–Crippen MR) is 103 cm³/mol. The molecule has 29 heavy (non-hydrogen) atoms. The van der Waals surface area contributed by atoms with E-state index in [4.69, 9.17) is 9.47 Å². The van der Waals surface area contributed by atoms with Crippen LogP contribution in [-0.2, 0) is 22.6 Å². The van der Waals surface area contributed by atoms with Gasteiger partial charge in [0.15, 0.2) is 0 Å². The Morgan fingerprint density at radius 1 is 0.931 bits per heavy atom. The molecule has 2 aromatic carbocycles. The van der Waals surface area contributed by atoms with E-state index in [9.17, 15) is 18.8 Å². The van der Waals surface area contributed by atoms with Gasteiger partial charge in [-0.25, -0.2) is 13.8 Å². The zero-order chi connectivity index (χ0) is 20.6. The predicted octanol–water partition coefficient (Wildman–Crippen LogP) is 1.82. The summed E-state index contributed by atoms with van der Waals surface area (Å²) >= 11 is 0. The largest absolute Gasteiger partial charge is 0.490 e. The maximum absolute atomic E-state index is 12.8. The normalized spacial score (nSPS) is 10.5. The molecular weight excluding hydrogens is 379 g/mol. The molecule has 0 radical (unpaired) electrons. The monoisotopic (exact) mass is 398 g/mol. The third kappa shape index (κ3) is 5.65. The van der Waals surface area contributed by atoms with Crippen molar-refractivity contribution in [2.24, 2.45) is 0 Å². The lowest BCUT2D eigenvalue weighted by atomic mass is 10.2. The van der Waals surface area contributed by atoms with Crippen LogP contribution < -0.4 is 16.0 Å². The zero-order valence-electron chi connectivity index (χ0n) is 15.5. The van der Waals surface area contributed by atoms with Crippen LogP contribution in [0.3, 0.4) is 0 Å². The van der Waals surface area contributed by atoms with Crippen LogP contribution in [0.5, 0.6) is 5.75 Å². The molecule has 3 aromatic rings. The van der Waals surface area contributed by atoms with Gasteiger partial charge in [-0.1, -0.05) is 30.3 Å². The first-order valence-electron chi connectivity index (χ1n) is 8.91. The molecule has 7 nitrogen and oxygen atoms in total. The Kier molecular flexibility index (Phi) is 6.57. The number of hydrogen-bond acceptors (Lipinski definition) is 5. The topological polar surface area (TPSA) is 79.5 Å². The third-order valence-electron chi connectivity index (χ3n) is 4.05. The van der Waals surface area contributed by atoms with E-state index < -0.39 is 23.8 Å². The minimum atomic E-state index is -0.732. The molecule has 0 atom stereocenters. The van der Waals surface area contributed by atoms with Crippen molar-refractivity contribution >= 4 is 5.97 Å². The Balaban J connectivity index is 1.56. The van der Waals surface area contributed by atoms with Crippen molar-refractivity contribution in [2.45, 2.75) is 13.1 Å². The van der Waals surface area contributed by atoms with Crippen molar-refractivity contribution in [1.29, 1.82) is 0 Å². The second-order valence-electron chi connectivity index (χ2n) is 6.16. The van der Waals surface area contributed by atoms with Crippen molar-refractivity contribution in [1.82, 2.24) is 9.13 Å². The fourth-order valence-electron chi connectivity index (χ4n) is 2.62.